The number of methoxy groups -OCH3 is 2. The van der Waals surface area contributed by atoms with Crippen molar-refractivity contribution in [3.63, 3.8) is 0 Å². The van der Waals surface area contributed by atoms with Gasteiger partial charge in [-0.1, -0.05) is 6.07 Å². The number of rotatable bonds is 6. The molecule has 0 bridgehead atoms. The van der Waals surface area contributed by atoms with E-state index in [1.54, 1.807) is 35.9 Å². The summed E-state index contributed by atoms with van der Waals surface area (Å²) in [4.78, 5) is 21.2. The predicted octanol–water partition coefficient (Wildman–Crippen LogP) is 3.65. The molecule has 1 saturated heterocycles. The first-order valence-corrected chi connectivity index (χ1v) is 11.5. The number of piperazine rings is 1. The third-order valence-corrected chi connectivity index (χ3v) is 6.36. The van der Waals surface area contributed by atoms with E-state index in [9.17, 15) is 13.6 Å². The van der Waals surface area contributed by atoms with E-state index in [4.69, 9.17) is 9.47 Å². The Kier molecular flexibility index (Phi) is 6.51. The molecule has 0 spiro atoms. The fraction of sp³-hybridized carbons (Fsp3) is 0.269. The Hall–Kier alpha value is -4.05. The molecule has 0 saturated carbocycles. The third-order valence-electron chi connectivity index (χ3n) is 6.36. The van der Waals surface area contributed by atoms with Crippen molar-refractivity contribution in [2.45, 2.75) is 6.54 Å². The Labute approximate surface area is 206 Å². The monoisotopic (exact) mass is 493 g/mol. The van der Waals surface area contributed by atoms with Crippen LogP contribution in [-0.4, -0.2) is 70.7 Å². The number of hydrogen-bond acceptors (Lipinski definition) is 6. The van der Waals surface area contributed by atoms with Crippen molar-refractivity contribution in [2.75, 3.05) is 40.4 Å². The molecule has 1 fully saturated rings. The number of carbonyl (C=O) groups excluding carboxylic acids is 1. The highest BCUT2D eigenvalue weighted by molar-refractivity contribution is 5.93. The fourth-order valence-electron chi connectivity index (χ4n) is 4.39. The molecule has 0 aliphatic carbocycles. The maximum atomic E-state index is 14.0. The molecule has 1 amide bonds. The normalized spacial score (nSPS) is 14.3. The Balaban J connectivity index is 1.33. The van der Waals surface area contributed by atoms with Crippen LogP contribution in [-0.2, 0) is 6.54 Å². The summed E-state index contributed by atoms with van der Waals surface area (Å²) in [5, 5.41) is 4.55. The largest absolute Gasteiger partial charge is 0.493 e. The molecule has 4 aromatic rings. The standard InChI is InChI=1S/C26H25F2N5O3/c1-35-23-7-6-17(14-24(23)36-2)22-8-9-29-25-15-21(30-33(22)25)26(34)32-12-10-31(11-13-32)16-18-19(27)4-3-5-20(18)28/h3-9,14-15H,10-13,16H2,1-2H3. The molecule has 0 atom stereocenters. The molecule has 0 unspecified atom stereocenters. The maximum absolute atomic E-state index is 14.0. The molecule has 1 aliphatic rings. The van der Waals surface area contributed by atoms with Gasteiger partial charge in [-0.25, -0.2) is 18.3 Å². The highest BCUT2D eigenvalue weighted by Gasteiger charge is 2.26. The van der Waals surface area contributed by atoms with Crippen LogP contribution in [0.5, 0.6) is 11.5 Å². The lowest BCUT2D eigenvalue weighted by Gasteiger charge is -2.34. The molecule has 0 radical (unpaired) electrons. The first-order valence-electron chi connectivity index (χ1n) is 11.5. The number of carbonyl (C=O) groups is 1. The van der Waals surface area contributed by atoms with Crippen LogP contribution in [0.4, 0.5) is 8.78 Å². The second-order valence-corrected chi connectivity index (χ2v) is 8.47. The van der Waals surface area contributed by atoms with E-state index in [-0.39, 0.29) is 23.7 Å². The summed E-state index contributed by atoms with van der Waals surface area (Å²) in [6, 6.07) is 12.9. The number of aromatic nitrogens is 3. The van der Waals surface area contributed by atoms with Gasteiger partial charge >= 0.3 is 0 Å². The fourth-order valence-corrected chi connectivity index (χ4v) is 4.39. The summed E-state index contributed by atoms with van der Waals surface area (Å²) in [5.74, 6) is -0.140. The Morgan fingerprint density at radius 1 is 0.944 bits per heavy atom. The first-order chi connectivity index (χ1) is 17.5. The van der Waals surface area contributed by atoms with Gasteiger partial charge in [0.05, 0.1) is 19.9 Å². The molecule has 8 nitrogen and oxygen atoms in total. The number of ether oxygens (including phenoxy) is 2. The zero-order chi connectivity index (χ0) is 25.2. The highest BCUT2D eigenvalue weighted by atomic mass is 19.1. The van der Waals surface area contributed by atoms with Crippen molar-refractivity contribution in [1.29, 1.82) is 0 Å². The van der Waals surface area contributed by atoms with Crippen LogP contribution in [0.2, 0.25) is 0 Å². The molecule has 186 valence electrons. The van der Waals surface area contributed by atoms with E-state index in [2.05, 4.69) is 10.1 Å². The SMILES string of the molecule is COc1ccc(-c2ccnc3cc(C(=O)N4CCN(Cc5c(F)cccc5F)CC4)nn23)cc1OC. The van der Waals surface area contributed by atoms with Crippen molar-refractivity contribution in [2.24, 2.45) is 0 Å². The average molecular weight is 494 g/mol. The molecule has 10 heteroatoms. The topological polar surface area (TPSA) is 72.2 Å². The quantitative estimate of drug-likeness (QED) is 0.408. The van der Waals surface area contributed by atoms with Gasteiger partial charge in [0.2, 0.25) is 0 Å². The van der Waals surface area contributed by atoms with Gasteiger partial charge in [-0.2, -0.15) is 5.10 Å². The van der Waals surface area contributed by atoms with E-state index in [0.717, 1.165) is 11.3 Å². The smallest absolute Gasteiger partial charge is 0.274 e. The molecule has 5 rings (SSSR count). The van der Waals surface area contributed by atoms with Crippen molar-refractivity contribution in [3.05, 3.63) is 77.6 Å². The van der Waals surface area contributed by atoms with Crippen LogP contribution in [0, 0.1) is 11.6 Å². The van der Waals surface area contributed by atoms with E-state index >= 15 is 0 Å². The van der Waals surface area contributed by atoms with E-state index in [1.165, 1.54) is 18.2 Å². The molecule has 3 heterocycles. The number of fused-ring (bicyclic) bond motifs is 1. The lowest BCUT2D eigenvalue weighted by Crippen LogP contribution is -2.48. The molecule has 2 aromatic carbocycles. The summed E-state index contributed by atoms with van der Waals surface area (Å²) in [7, 11) is 3.15. The minimum Gasteiger partial charge on any atom is -0.493 e. The summed E-state index contributed by atoms with van der Waals surface area (Å²) in [6.07, 6.45) is 1.66. The Morgan fingerprint density at radius 3 is 2.36 bits per heavy atom. The number of benzene rings is 2. The molecule has 1 aliphatic heterocycles. The van der Waals surface area contributed by atoms with Crippen LogP contribution < -0.4 is 9.47 Å². The van der Waals surface area contributed by atoms with Gasteiger partial charge in [-0.05, 0) is 36.4 Å². The van der Waals surface area contributed by atoms with Crippen molar-refractivity contribution >= 4 is 11.6 Å². The van der Waals surface area contributed by atoms with Crippen LogP contribution in [0.15, 0.2) is 54.7 Å². The van der Waals surface area contributed by atoms with E-state index < -0.39 is 11.6 Å². The summed E-state index contributed by atoms with van der Waals surface area (Å²) in [5.41, 5.74) is 2.45. The molecular formula is C26H25F2N5O3. The summed E-state index contributed by atoms with van der Waals surface area (Å²) < 4.78 is 40.4. The molecular weight excluding hydrogens is 468 g/mol. The molecule has 36 heavy (non-hydrogen) atoms. The van der Waals surface area contributed by atoms with E-state index in [0.29, 0.717) is 43.3 Å². The number of hydrogen-bond donors (Lipinski definition) is 0. The van der Waals surface area contributed by atoms with Gasteiger partial charge in [0.1, 0.15) is 11.6 Å². The minimum absolute atomic E-state index is 0.0476. The molecule has 0 N–H and O–H groups in total. The highest BCUT2D eigenvalue weighted by Crippen LogP contribution is 2.32. The van der Waals surface area contributed by atoms with Crippen LogP contribution in [0.3, 0.4) is 0 Å². The van der Waals surface area contributed by atoms with Crippen molar-refractivity contribution in [1.82, 2.24) is 24.4 Å². The zero-order valence-electron chi connectivity index (χ0n) is 19.9. The van der Waals surface area contributed by atoms with Crippen molar-refractivity contribution in [3.8, 4) is 22.8 Å². The van der Waals surface area contributed by atoms with Crippen LogP contribution in [0.1, 0.15) is 16.1 Å². The van der Waals surface area contributed by atoms with Gasteiger partial charge < -0.3 is 14.4 Å². The first kappa shape index (κ1) is 23.7. The second kappa shape index (κ2) is 9.90. The number of halogens is 2. The number of nitrogens with zero attached hydrogens (tertiary/aromatic N) is 5. The van der Waals surface area contributed by atoms with Gasteiger partial charge in [0.25, 0.3) is 5.91 Å². The lowest BCUT2D eigenvalue weighted by atomic mass is 10.1. The van der Waals surface area contributed by atoms with Gasteiger partial charge in [-0.15, -0.1) is 0 Å². The zero-order valence-corrected chi connectivity index (χ0v) is 19.9. The summed E-state index contributed by atoms with van der Waals surface area (Å²) >= 11 is 0. The lowest BCUT2D eigenvalue weighted by molar-refractivity contribution is 0.0619. The van der Waals surface area contributed by atoms with Crippen molar-refractivity contribution < 1.29 is 23.0 Å². The maximum Gasteiger partial charge on any atom is 0.274 e. The average Bonchev–Trinajstić information content (AvgIpc) is 3.35. The molecule has 2 aromatic heterocycles. The Bertz CT molecular complexity index is 1400. The minimum atomic E-state index is -0.559. The predicted molar refractivity (Wildman–Crippen MR) is 129 cm³/mol. The number of amides is 1. The summed E-state index contributed by atoms with van der Waals surface area (Å²) in [6.45, 7) is 2.02. The van der Waals surface area contributed by atoms with Gasteiger partial charge in [-0.3, -0.25) is 9.69 Å². The van der Waals surface area contributed by atoms with Gasteiger partial charge in [0, 0.05) is 56.1 Å². The third kappa shape index (κ3) is 4.47. The van der Waals surface area contributed by atoms with Crippen LogP contribution >= 0.6 is 0 Å². The van der Waals surface area contributed by atoms with Crippen LogP contribution in [0.25, 0.3) is 16.9 Å². The van der Waals surface area contributed by atoms with Gasteiger partial charge in [0.15, 0.2) is 22.8 Å². The Morgan fingerprint density at radius 2 is 1.67 bits per heavy atom. The van der Waals surface area contributed by atoms with E-state index in [1.807, 2.05) is 29.2 Å². The second-order valence-electron chi connectivity index (χ2n) is 8.47.